The molecule has 1 fully saturated rings. The Morgan fingerprint density at radius 3 is 2.68 bits per heavy atom. The Hall–Kier alpha value is -3.58. The van der Waals surface area contributed by atoms with Crippen molar-refractivity contribution in [2.75, 3.05) is 4.90 Å². The lowest BCUT2D eigenvalue weighted by Crippen LogP contribution is -2.30. The predicted octanol–water partition coefficient (Wildman–Crippen LogP) is 3.48. The first-order valence-electron chi connectivity index (χ1n) is 8.36. The summed E-state index contributed by atoms with van der Waals surface area (Å²) in [6.45, 7) is -0.210. The van der Waals surface area contributed by atoms with Gasteiger partial charge in [0, 0.05) is 27.7 Å². The van der Waals surface area contributed by atoms with Crippen LogP contribution in [-0.2, 0) is 16.1 Å². The number of anilines is 1. The highest BCUT2D eigenvalue weighted by Crippen LogP contribution is 2.27. The predicted molar refractivity (Wildman–Crippen MR) is 105 cm³/mol. The van der Waals surface area contributed by atoms with Gasteiger partial charge in [0.1, 0.15) is 12.2 Å². The van der Waals surface area contributed by atoms with Gasteiger partial charge in [0.15, 0.2) is 0 Å². The second-order valence-electron chi connectivity index (χ2n) is 6.23. The molecule has 1 saturated heterocycles. The van der Waals surface area contributed by atoms with Gasteiger partial charge >= 0.3 is 12.0 Å². The van der Waals surface area contributed by atoms with Crippen molar-refractivity contribution in [3.63, 3.8) is 0 Å². The Balaban J connectivity index is 1.75. The van der Waals surface area contributed by atoms with Crippen molar-refractivity contribution in [3.05, 3.63) is 71.0 Å². The summed E-state index contributed by atoms with van der Waals surface area (Å²) in [6.07, 6.45) is 3.19. The summed E-state index contributed by atoms with van der Waals surface area (Å²) in [5, 5.41) is 12.9. The van der Waals surface area contributed by atoms with Gasteiger partial charge in [0.05, 0.1) is 5.69 Å². The highest BCUT2D eigenvalue weighted by molar-refractivity contribution is 6.32. The molecule has 2 heterocycles. The number of benzene rings is 2. The molecule has 0 radical (unpaired) electrons. The van der Waals surface area contributed by atoms with Gasteiger partial charge in [-0.25, -0.2) is 9.69 Å². The van der Waals surface area contributed by atoms with Gasteiger partial charge in [-0.05, 0) is 30.3 Å². The molecule has 4 rings (SSSR count). The third-order valence-corrected chi connectivity index (χ3v) is 4.60. The molecule has 1 aromatic heterocycles. The van der Waals surface area contributed by atoms with E-state index in [2.05, 4.69) is 5.32 Å². The van der Waals surface area contributed by atoms with Crippen LogP contribution in [0.2, 0.25) is 5.02 Å². The van der Waals surface area contributed by atoms with Crippen LogP contribution in [0.15, 0.2) is 60.4 Å². The first-order valence-corrected chi connectivity index (χ1v) is 8.74. The molecule has 0 atom stereocenters. The lowest BCUT2D eigenvalue weighted by atomic mass is 10.1. The van der Waals surface area contributed by atoms with Gasteiger partial charge in [-0.3, -0.25) is 9.59 Å². The zero-order chi connectivity index (χ0) is 19.8. The Kier molecular flexibility index (Phi) is 4.37. The fourth-order valence-corrected chi connectivity index (χ4v) is 3.39. The van der Waals surface area contributed by atoms with E-state index < -0.39 is 17.9 Å². The third kappa shape index (κ3) is 3.12. The van der Waals surface area contributed by atoms with Crippen molar-refractivity contribution in [1.29, 1.82) is 0 Å². The number of carbonyl (C=O) groups excluding carboxylic acids is 2. The number of imide groups is 1. The lowest BCUT2D eigenvalue weighted by molar-refractivity contribution is -0.137. The normalized spacial score (nSPS) is 15.5. The zero-order valence-corrected chi connectivity index (χ0v) is 15.2. The van der Waals surface area contributed by atoms with Crippen LogP contribution in [0.4, 0.5) is 10.5 Å². The van der Waals surface area contributed by atoms with Gasteiger partial charge in [0.2, 0.25) is 0 Å². The first-order chi connectivity index (χ1) is 13.4. The molecule has 0 aliphatic carbocycles. The smallest absolute Gasteiger partial charge is 0.333 e. The number of hydrogen-bond acceptors (Lipinski definition) is 3. The Bertz CT molecular complexity index is 1170. The fourth-order valence-electron chi connectivity index (χ4n) is 3.21. The number of halogens is 1. The Labute approximate surface area is 164 Å². The van der Waals surface area contributed by atoms with E-state index >= 15 is 0 Å². The topological polar surface area (TPSA) is 91.6 Å². The zero-order valence-electron chi connectivity index (χ0n) is 14.4. The number of nitrogens with one attached hydrogen (secondary N) is 1. The quantitative estimate of drug-likeness (QED) is 0.522. The van der Waals surface area contributed by atoms with E-state index in [4.69, 9.17) is 16.7 Å². The summed E-state index contributed by atoms with van der Waals surface area (Å²) < 4.78 is 1.58. The van der Waals surface area contributed by atoms with Crippen molar-refractivity contribution in [3.8, 4) is 0 Å². The van der Waals surface area contributed by atoms with Gasteiger partial charge in [-0.2, -0.15) is 0 Å². The Morgan fingerprint density at radius 1 is 1.14 bits per heavy atom. The number of aliphatic carboxylic acids is 1. The SMILES string of the molecule is O=C(O)Cn1cc(/C=C2\NC(=O)N(c3cccc(Cl)c3)C2=O)c2ccccc21. The molecule has 28 heavy (non-hydrogen) atoms. The van der Waals surface area contributed by atoms with Crippen molar-refractivity contribution < 1.29 is 19.5 Å². The molecule has 0 saturated carbocycles. The van der Waals surface area contributed by atoms with Gasteiger partial charge in [-0.1, -0.05) is 35.9 Å². The highest BCUT2D eigenvalue weighted by atomic mass is 35.5. The number of hydrogen-bond donors (Lipinski definition) is 2. The molecule has 0 spiro atoms. The molecule has 7 nitrogen and oxygen atoms in total. The minimum absolute atomic E-state index is 0.100. The average Bonchev–Trinajstić information content (AvgIpc) is 3.12. The number of nitrogens with zero attached hydrogens (tertiary/aromatic N) is 2. The first kappa shape index (κ1) is 17.8. The molecule has 2 N–H and O–H groups in total. The lowest BCUT2D eigenvalue weighted by Gasteiger charge is -2.11. The van der Waals surface area contributed by atoms with E-state index in [0.29, 0.717) is 16.3 Å². The summed E-state index contributed by atoms with van der Waals surface area (Å²) in [5.41, 5.74) is 1.82. The second-order valence-corrected chi connectivity index (χ2v) is 6.67. The van der Waals surface area contributed by atoms with E-state index in [-0.39, 0.29) is 12.2 Å². The van der Waals surface area contributed by atoms with Gasteiger partial charge in [-0.15, -0.1) is 0 Å². The van der Waals surface area contributed by atoms with Crippen molar-refractivity contribution in [2.45, 2.75) is 6.54 Å². The number of aromatic nitrogens is 1. The molecular weight excluding hydrogens is 382 g/mol. The van der Waals surface area contributed by atoms with Crippen LogP contribution < -0.4 is 10.2 Å². The summed E-state index contributed by atoms with van der Waals surface area (Å²) in [7, 11) is 0. The summed E-state index contributed by atoms with van der Waals surface area (Å²) in [6, 6.07) is 13.1. The number of rotatable bonds is 4. The minimum Gasteiger partial charge on any atom is -0.480 e. The standard InChI is InChI=1S/C20H14ClN3O4/c21-13-4-3-5-14(9-13)24-19(27)16(22-20(24)28)8-12-10-23(11-18(25)26)17-7-2-1-6-15(12)17/h1-10H,11H2,(H,22,28)(H,25,26)/b16-8-. The average molecular weight is 396 g/mol. The number of amides is 3. The van der Waals surface area contributed by atoms with E-state index in [0.717, 1.165) is 15.8 Å². The largest absolute Gasteiger partial charge is 0.480 e. The third-order valence-electron chi connectivity index (χ3n) is 4.37. The maximum absolute atomic E-state index is 12.8. The summed E-state index contributed by atoms with van der Waals surface area (Å²) >= 11 is 5.96. The minimum atomic E-state index is -0.975. The molecule has 3 amide bonds. The second kappa shape index (κ2) is 6.86. The Morgan fingerprint density at radius 2 is 1.93 bits per heavy atom. The van der Waals surface area contributed by atoms with Crippen LogP contribution in [0, 0.1) is 0 Å². The van der Waals surface area contributed by atoms with Crippen LogP contribution in [0.3, 0.4) is 0 Å². The number of carboxylic acids is 1. The molecule has 0 bridgehead atoms. The van der Waals surface area contributed by atoms with E-state index in [1.54, 1.807) is 47.2 Å². The molecule has 2 aromatic carbocycles. The number of fused-ring (bicyclic) bond motifs is 1. The maximum Gasteiger partial charge on any atom is 0.333 e. The van der Waals surface area contributed by atoms with Crippen LogP contribution in [0.1, 0.15) is 5.56 Å². The van der Waals surface area contributed by atoms with Crippen LogP contribution >= 0.6 is 11.6 Å². The van der Waals surface area contributed by atoms with Crippen LogP contribution in [-0.4, -0.2) is 27.6 Å². The van der Waals surface area contributed by atoms with Gasteiger partial charge in [0.25, 0.3) is 5.91 Å². The van der Waals surface area contributed by atoms with Crippen molar-refractivity contribution in [1.82, 2.24) is 9.88 Å². The monoisotopic (exact) mass is 395 g/mol. The van der Waals surface area contributed by atoms with Crippen molar-refractivity contribution in [2.24, 2.45) is 0 Å². The molecule has 3 aromatic rings. The van der Waals surface area contributed by atoms with Crippen LogP contribution in [0.5, 0.6) is 0 Å². The number of carbonyl (C=O) groups is 3. The molecule has 1 aliphatic rings. The molecular formula is C20H14ClN3O4. The van der Waals surface area contributed by atoms with E-state index in [1.165, 1.54) is 6.07 Å². The molecule has 8 heteroatoms. The number of urea groups is 1. The number of carboxylic acid groups (broad SMARTS) is 1. The van der Waals surface area contributed by atoms with E-state index in [1.807, 2.05) is 12.1 Å². The molecule has 140 valence electrons. The summed E-state index contributed by atoms with van der Waals surface area (Å²) in [4.78, 5) is 37.3. The number of para-hydroxylation sites is 1. The highest BCUT2D eigenvalue weighted by Gasteiger charge is 2.35. The molecule has 0 unspecified atom stereocenters. The van der Waals surface area contributed by atoms with Crippen molar-refractivity contribution >= 4 is 52.2 Å². The van der Waals surface area contributed by atoms with Crippen LogP contribution in [0.25, 0.3) is 17.0 Å². The van der Waals surface area contributed by atoms with Gasteiger partial charge < -0.3 is 15.0 Å². The maximum atomic E-state index is 12.8. The fraction of sp³-hybridized carbons (Fsp3) is 0.0500. The summed E-state index contributed by atoms with van der Waals surface area (Å²) in [5.74, 6) is -1.49. The van der Waals surface area contributed by atoms with E-state index in [9.17, 15) is 14.4 Å². The molecule has 1 aliphatic heterocycles.